The zero-order valence-electron chi connectivity index (χ0n) is 10.3. The molecule has 3 nitrogen and oxygen atoms in total. The molecule has 1 aliphatic rings. The predicted molar refractivity (Wildman–Crippen MR) is 64.5 cm³/mol. The monoisotopic (exact) mass is 222 g/mol. The van der Waals surface area contributed by atoms with Crippen LogP contribution in [0.1, 0.15) is 50.7 Å². The molecule has 0 aromatic carbocycles. The van der Waals surface area contributed by atoms with E-state index in [1.165, 1.54) is 19.3 Å². The van der Waals surface area contributed by atoms with E-state index in [4.69, 9.17) is 4.42 Å². The molecule has 0 bridgehead atoms. The number of aromatic nitrogens is 1. The first-order valence-electron chi connectivity index (χ1n) is 6.41. The Morgan fingerprint density at radius 1 is 1.50 bits per heavy atom. The maximum atomic E-state index is 5.74. The van der Waals surface area contributed by atoms with Gasteiger partial charge in [-0.15, -0.1) is 0 Å². The molecule has 1 fully saturated rings. The van der Waals surface area contributed by atoms with E-state index < -0.39 is 0 Å². The molecular weight excluding hydrogens is 200 g/mol. The Morgan fingerprint density at radius 3 is 2.94 bits per heavy atom. The smallest absolute Gasteiger partial charge is 0.195 e. The molecule has 0 spiro atoms. The first-order chi connectivity index (χ1) is 7.75. The minimum absolute atomic E-state index is 0.657. The largest absolute Gasteiger partial charge is 0.445 e. The lowest BCUT2D eigenvalue weighted by Gasteiger charge is -2.22. The summed E-state index contributed by atoms with van der Waals surface area (Å²) in [7, 11) is 0. The van der Waals surface area contributed by atoms with Crippen molar-refractivity contribution in [2.45, 2.75) is 45.4 Å². The molecule has 0 radical (unpaired) electrons. The summed E-state index contributed by atoms with van der Waals surface area (Å²) in [6.45, 7) is 6.46. The average Bonchev–Trinajstić information content (AvgIpc) is 2.58. The minimum atomic E-state index is 0.657. The van der Waals surface area contributed by atoms with Gasteiger partial charge in [0.2, 0.25) is 0 Å². The fourth-order valence-electron chi connectivity index (χ4n) is 1.91. The Labute approximate surface area is 97.6 Å². The summed E-state index contributed by atoms with van der Waals surface area (Å²) in [5.74, 6) is 3.35. The molecule has 90 valence electrons. The van der Waals surface area contributed by atoms with E-state index in [0.717, 1.165) is 31.2 Å². The molecule has 1 saturated carbocycles. The van der Waals surface area contributed by atoms with Gasteiger partial charge in [-0.2, -0.15) is 0 Å². The van der Waals surface area contributed by atoms with E-state index in [0.29, 0.717) is 11.8 Å². The zero-order valence-corrected chi connectivity index (χ0v) is 10.3. The number of rotatable bonds is 6. The second-order valence-electron chi connectivity index (χ2n) is 5.13. The molecule has 0 atom stereocenters. The maximum Gasteiger partial charge on any atom is 0.195 e. The second kappa shape index (κ2) is 5.48. The van der Waals surface area contributed by atoms with Crippen molar-refractivity contribution in [1.29, 1.82) is 0 Å². The third-order valence-corrected chi connectivity index (χ3v) is 3.15. The molecule has 1 aliphatic carbocycles. The lowest BCUT2D eigenvalue weighted by molar-refractivity contribution is 0.333. The molecule has 1 aromatic heterocycles. The average molecular weight is 222 g/mol. The third kappa shape index (κ3) is 3.08. The molecule has 0 saturated heterocycles. The normalized spacial score (nSPS) is 16.7. The topological polar surface area (TPSA) is 38.1 Å². The Bertz CT molecular complexity index is 315. The van der Waals surface area contributed by atoms with E-state index in [2.05, 4.69) is 24.1 Å². The van der Waals surface area contributed by atoms with Crippen molar-refractivity contribution in [2.24, 2.45) is 5.92 Å². The molecule has 2 rings (SSSR count). The Morgan fingerprint density at radius 2 is 2.31 bits per heavy atom. The van der Waals surface area contributed by atoms with Gasteiger partial charge in [-0.3, -0.25) is 0 Å². The van der Waals surface area contributed by atoms with Gasteiger partial charge in [-0.05, 0) is 25.3 Å². The van der Waals surface area contributed by atoms with Gasteiger partial charge in [0.05, 0.1) is 6.20 Å². The highest BCUT2D eigenvalue weighted by molar-refractivity contribution is 5.05. The fourth-order valence-corrected chi connectivity index (χ4v) is 1.91. The SMILES string of the molecule is CC(C)CNCCc1ncc(C2CCC2)o1. The number of oxazole rings is 1. The summed E-state index contributed by atoms with van der Waals surface area (Å²) in [6, 6.07) is 0. The standard InChI is InChI=1S/C13H22N2O/c1-10(2)8-14-7-6-13-15-9-12(16-13)11-4-3-5-11/h9-11,14H,3-8H2,1-2H3. The van der Waals surface area contributed by atoms with Gasteiger partial charge in [0.15, 0.2) is 5.89 Å². The van der Waals surface area contributed by atoms with Crippen LogP contribution in [0.3, 0.4) is 0 Å². The molecule has 1 heterocycles. The first kappa shape index (κ1) is 11.6. The van der Waals surface area contributed by atoms with Gasteiger partial charge in [0, 0.05) is 18.9 Å². The van der Waals surface area contributed by atoms with Crippen molar-refractivity contribution in [3.8, 4) is 0 Å². The van der Waals surface area contributed by atoms with E-state index in [1.807, 2.05) is 6.20 Å². The lowest BCUT2D eigenvalue weighted by Crippen LogP contribution is -2.22. The zero-order chi connectivity index (χ0) is 11.4. The molecule has 1 N–H and O–H groups in total. The van der Waals surface area contributed by atoms with E-state index in [1.54, 1.807) is 0 Å². The van der Waals surface area contributed by atoms with Crippen LogP contribution in [0, 0.1) is 5.92 Å². The van der Waals surface area contributed by atoms with Gasteiger partial charge >= 0.3 is 0 Å². The van der Waals surface area contributed by atoms with Crippen molar-refractivity contribution < 1.29 is 4.42 Å². The van der Waals surface area contributed by atoms with Crippen molar-refractivity contribution in [3.63, 3.8) is 0 Å². The summed E-state index contributed by atoms with van der Waals surface area (Å²) in [5.41, 5.74) is 0. The van der Waals surface area contributed by atoms with Crippen molar-refractivity contribution in [1.82, 2.24) is 10.3 Å². The van der Waals surface area contributed by atoms with E-state index >= 15 is 0 Å². The third-order valence-electron chi connectivity index (χ3n) is 3.15. The van der Waals surface area contributed by atoms with Crippen LogP contribution in [-0.2, 0) is 6.42 Å². The van der Waals surface area contributed by atoms with Gasteiger partial charge in [-0.25, -0.2) is 4.98 Å². The maximum absolute atomic E-state index is 5.74. The van der Waals surface area contributed by atoms with E-state index in [9.17, 15) is 0 Å². The minimum Gasteiger partial charge on any atom is -0.445 e. The van der Waals surface area contributed by atoms with E-state index in [-0.39, 0.29) is 0 Å². The number of nitrogens with one attached hydrogen (secondary N) is 1. The summed E-state index contributed by atoms with van der Waals surface area (Å²) in [6.07, 6.45) is 6.72. The molecule has 0 unspecified atom stereocenters. The summed E-state index contributed by atoms with van der Waals surface area (Å²) < 4.78 is 5.74. The summed E-state index contributed by atoms with van der Waals surface area (Å²) >= 11 is 0. The Kier molecular flexibility index (Phi) is 3.99. The molecule has 0 amide bonds. The van der Waals surface area contributed by atoms with Crippen molar-refractivity contribution in [3.05, 3.63) is 17.8 Å². The van der Waals surface area contributed by atoms with Gasteiger partial charge in [0.25, 0.3) is 0 Å². The Balaban J connectivity index is 1.70. The summed E-state index contributed by atoms with van der Waals surface area (Å²) in [4.78, 5) is 4.33. The van der Waals surface area contributed by atoms with Gasteiger partial charge < -0.3 is 9.73 Å². The molecule has 1 aromatic rings. The first-order valence-corrected chi connectivity index (χ1v) is 6.41. The molecular formula is C13H22N2O. The highest BCUT2D eigenvalue weighted by Crippen LogP contribution is 2.36. The van der Waals surface area contributed by atoms with Gasteiger partial charge in [-0.1, -0.05) is 20.3 Å². The van der Waals surface area contributed by atoms with Crippen LogP contribution >= 0.6 is 0 Å². The van der Waals surface area contributed by atoms with Crippen LogP contribution in [0.2, 0.25) is 0 Å². The van der Waals surface area contributed by atoms with Crippen LogP contribution in [0.4, 0.5) is 0 Å². The molecule has 16 heavy (non-hydrogen) atoms. The highest BCUT2D eigenvalue weighted by Gasteiger charge is 2.23. The molecule has 0 aliphatic heterocycles. The fraction of sp³-hybridized carbons (Fsp3) is 0.769. The second-order valence-corrected chi connectivity index (χ2v) is 5.13. The van der Waals surface area contributed by atoms with Crippen molar-refractivity contribution in [2.75, 3.05) is 13.1 Å². The molecule has 3 heteroatoms. The lowest BCUT2D eigenvalue weighted by atomic mass is 9.84. The number of hydrogen-bond donors (Lipinski definition) is 1. The highest BCUT2D eigenvalue weighted by atomic mass is 16.4. The Hall–Kier alpha value is -0.830. The number of hydrogen-bond acceptors (Lipinski definition) is 3. The van der Waals surface area contributed by atoms with Crippen LogP contribution in [0.5, 0.6) is 0 Å². The predicted octanol–water partition coefficient (Wildman–Crippen LogP) is 2.73. The van der Waals surface area contributed by atoms with Crippen LogP contribution < -0.4 is 5.32 Å². The summed E-state index contributed by atoms with van der Waals surface area (Å²) in [5, 5.41) is 3.40. The quantitative estimate of drug-likeness (QED) is 0.752. The van der Waals surface area contributed by atoms with Crippen LogP contribution in [0.25, 0.3) is 0 Å². The number of nitrogens with zero attached hydrogens (tertiary/aromatic N) is 1. The van der Waals surface area contributed by atoms with Crippen LogP contribution in [-0.4, -0.2) is 18.1 Å². The van der Waals surface area contributed by atoms with Gasteiger partial charge in [0.1, 0.15) is 5.76 Å². The van der Waals surface area contributed by atoms with Crippen molar-refractivity contribution >= 4 is 0 Å². The van der Waals surface area contributed by atoms with Crippen LogP contribution in [0.15, 0.2) is 10.6 Å².